The lowest BCUT2D eigenvalue weighted by atomic mass is 10.0. The van der Waals surface area contributed by atoms with Gasteiger partial charge in [-0.25, -0.2) is 4.79 Å². The van der Waals surface area contributed by atoms with E-state index in [1.54, 1.807) is 6.07 Å². The summed E-state index contributed by atoms with van der Waals surface area (Å²) in [5, 5.41) is 8.86. The maximum Gasteiger partial charge on any atom is 0.365 e. The van der Waals surface area contributed by atoms with E-state index in [2.05, 4.69) is 37.5 Å². The van der Waals surface area contributed by atoms with Crippen LogP contribution >= 0.6 is 0 Å². The molecule has 0 aliphatic carbocycles. The van der Waals surface area contributed by atoms with Gasteiger partial charge in [-0.2, -0.15) is 4.39 Å². The molecule has 0 saturated carbocycles. The Labute approximate surface area is 137 Å². The third-order valence-electron chi connectivity index (χ3n) is 4.37. The largest absolute Gasteiger partial charge is 0.476 e. The summed E-state index contributed by atoms with van der Waals surface area (Å²) in [6, 6.07) is 6.38. The summed E-state index contributed by atoms with van der Waals surface area (Å²) in [7, 11) is 0. The Morgan fingerprint density at radius 3 is 2.09 bits per heavy atom. The van der Waals surface area contributed by atoms with Crippen molar-refractivity contribution in [2.45, 2.75) is 46.7 Å². The maximum absolute atomic E-state index is 13.8. The van der Waals surface area contributed by atoms with E-state index in [-0.39, 0.29) is 5.57 Å². The van der Waals surface area contributed by atoms with Crippen molar-refractivity contribution < 1.29 is 14.3 Å². The normalized spacial score (nSPS) is 15.8. The molecule has 0 atom stereocenters. The van der Waals surface area contributed by atoms with Crippen LogP contribution in [0.25, 0.3) is 5.57 Å². The fraction of sp³-hybridized carbons (Fsp3) is 0.500. The maximum atomic E-state index is 13.8. The Hall–Kier alpha value is -2.04. The van der Waals surface area contributed by atoms with Crippen molar-refractivity contribution in [2.75, 3.05) is 22.9 Å². The molecule has 0 aromatic heterocycles. The molecule has 2 rings (SSSR count). The summed E-state index contributed by atoms with van der Waals surface area (Å²) in [5.41, 5.74) is 2.92. The average Bonchev–Trinajstić information content (AvgIpc) is 2.51. The Kier molecular flexibility index (Phi) is 4.97. The lowest BCUT2D eigenvalue weighted by molar-refractivity contribution is -0.134. The van der Waals surface area contributed by atoms with Crippen molar-refractivity contribution in [3.63, 3.8) is 0 Å². The van der Waals surface area contributed by atoms with Gasteiger partial charge in [0.15, 0.2) is 0 Å². The van der Waals surface area contributed by atoms with Gasteiger partial charge in [0.05, 0.1) is 11.4 Å². The van der Waals surface area contributed by atoms with Gasteiger partial charge >= 0.3 is 5.97 Å². The van der Waals surface area contributed by atoms with E-state index in [0.717, 1.165) is 24.5 Å². The molecule has 5 heteroatoms. The van der Waals surface area contributed by atoms with Gasteiger partial charge < -0.3 is 14.9 Å². The first-order valence-corrected chi connectivity index (χ1v) is 8.01. The molecule has 0 saturated heterocycles. The van der Waals surface area contributed by atoms with Crippen LogP contribution in [0.15, 0.2) is 24.0 Å². The third-order valence-corrected chi connectivity index (χ3v) is 4.37. The zero-order chi connectivity index (χ0) is 17.3. The molecule has 1 aromatic rings. The summed E-state index contributed by atoms with van der Waals surface area (Å²) < 4.78 is 13.8. The van der Waals surface area contributed by atoms with Crippen LogP contribution in [0, 0.1) is 0 Å². The first-order valence-electron chi connectivity index (χ1n) is 8.01. The molecule has 4 nitrogen and oxygen atoms in total. The first-order chi connectivity index (χ1) is 10.7. The smallest absolute Gasteiger partial charge is 0.365 e. The van der Waals surface area contributed by atoms with Gasteiger partial charge in [-0.1, -0.05) is 6.07 Å². The van der Waals surface area contributed by atoms with Gasteiger partial charge in [-0.3, -0.25) is 0 Å². The molecule has 0 bridgehead atoms. The quantitative estimate of drug-likeness (QED) is 0.854. The molecule has 0 fully saturated rings. The number of fused-ring (bicyclic) bond motifs is 1. The number of nitrogens with zero attached hydrogens (tertiary/aromatic N) is 2. The van der Waals surface area contributed by atoms with Gasteiger partial charge in [-0.05, 0) is 57.9 Å². The van der Waals surface area contributed by atoms with E-state index in [1.807, 2.05) is 12.1 Å². The number of carboxylic acids is 1. The zero-order valence-corrected chi connectivity index (χ0v) is 14.4. The standard InChI is InChI=1S/C18H25FN2O2/c1-11(2)20-8-9-21(12(3)4)16-10-14(6-7-15(16)20)13(5)17(19)18(22)23/h6-7,10-12H,8-9H2,1-5H3,(H,22,23)/b17-13+. The number of carbonyl (C=O) groups is 1. The van der Waals surface area contributed by atoms with Crippen LogP contribution in [-0.4, -0.2) is 36.2 Å². The number of carboxylic acid groups (broad SMARTS) is 1. The van der Waals surface area contributed by atoms with Crippen molar-refractivity contribution in [1.29, 1.82) is 0 Å². The van der Waals surface area contributed by atoms with Crippen LogP contribution in [0.2, 0.25) is 0 Å². The molecular weight excluding hydrogens is 295 g/mol. The predicted octanol–water partition coefficient (Wildman–Crippen LogP) is 3.91. The molecule has 1 heterocycles. The van der Waals surface area contributed by atoms with Gasteiger partial charge in [0.25, 0.3) is 0 Å². The van der Waals surface area contributed by atoms with Crippen LogP contribution in [0.1, 0.15) is 40.2 Å². The minimum absolute atomic E-state index is 0.158. The Morgan fingerprint density at radius 2 is 1.61 bits per heavy atom. The van der Waals surface area contributed by atoms with E-state index >= 15 is 0 Å². The highest BCUT2D eigenvalue weighted by molar-refractivity contribution is 5.94. The molecule has 1 aliphatic rings. The van der Waals surface area contributed by atoms with Crippen molar-refractivity contribution in [2.24, 2.45) is 0 Å². The SMILES string of the molecule is C/C(=C(\F)C(=O)O)c1ccc2c(c1)N(C(C)C)CCN2C(C)C. The van der Waals surface area contributed by atoms with Crippen molar-refractivity contribution in [3.8, 4) is 0 Å². The fourth-order valence-electron chi connectivity index (χ4n) is 3.05. The lowest BCUT2D eigenvalue weighted by Crippen LogP contribution is -2.46. The van der Waals surface area contributed by atoms with E-state index in [1.165, 1.54) is 6.92 Å². The van der Waals surface area contributed by atoms with Crippen molar-refractivity contribution in [1.82, 2.24) is 0 Å². The summed E-state index contributed by atoms with van der Waals surface area (Å²) in [5.74, 6) is -2.62. The van der Waals surface area contributed by atoms with Crippen molar-refractivity contribution >= 4 is 22.9 Å². The van der Waals surface area contributed by atoms with Gasteiger partial charge in [-0.15, -0.1) is 0 Å². The molecule has 0 amide bonds. The second kappa shape index (κ2) is 6.60. The third kappa shape index (κ3) is 3.33. The number of anilines is 2. The molecule has 0 spiro atoms. The molecule has 1 N–H and O–H groups in total. The van der Waals surface area contributed by atoms with Crippen molar-refractivity contribution in [3.05, 3.63) is 29.6 Å². The number of aliphatic carboxylic acids is 1. The van der Waals surface area contributed by atoms with Crippen LogP contribution in [-0.2, 0) is 4.79 Å². The highest BCUT2D eigenvalue weighted by atomic mass is 19.1. The summed E-state index contributed by atoms with van der Waals surface area (Å²) >= 11 is 0. The summed E-state index contributed by atoms with van der Waals surface area (Å²) in [4.78, 5) is 15.5. The number of hydrogen-bond donors (Lipinski definition) is 1. The molecule has 1 aromatic carbocycles. The molecule has 126 valence electrons. The average molecular weight is 320 g/mol. The Morgan fingerprint density at radius 1 is 1.09 bits per heavy atom. The minimum Gasteiger partial charge on any atom is -0.476 e. The molecule has 0 unspecified atom stereocenters. The highest BCUT2D eigenvalue weighted by Gasteiger charge is 2.26. The van der Waals surface area contributed by atoms with Crippen LogP contribution in [0.3, 0.4) is 0 Å². The fourth-order valence-corrected chi connectivity index (χ4v) is 3.05. The lowest BCUT2D eigenvalue weighted by Gasteiger charge is -2.43. The van der Waals surface area contributed by atoms with Gasteiger partial charge in [0.1, 0.15) is 0 Å². The van der Waals surface area contributed by atoms with E-state index < -0.39 is 11.8 Å². The van der Waals surface area contributed by atoms with Crippen LogP contribution < -0.4 is 9.80 Å². The number of benzene rings is 1. The Balaban J connectivity index is 2.56. The number of rotatable bonds is 4. The van der Waals surface area contributed by atoms with E-state index in [0.29, 0.717) is 17.6 Å². The van der Waals surface area contributed by atoms with Gasteiger partial charge in [0, 0.05) is 25.2 Å². The zero-order valence-electron chi connectivity index (χ0n) is 14.4. The minimum atomic E-state index is -1.52. The predicted molar refractivity (Wildman–Crippen MR) is 92.7 cm³/mol. The second-order valence-electron chi connectivity index (χ2n) is 6.52. The number of halogens is 1. The van der Waals surface area contributed by atoms with Crippen LogP contribution in [0.5, 0.6) is 0 Å². The molecule has 1 aliphatic heterocycles. The van der Waals surface area contributed by atoms with E-state index in [9.17, 15) is 9.18 Å². The van der Waals surface area contributed by atoms with E-state index in [4.69, 9.17) is 5.11 Å². The topological polar surface area (TPSA) is 43.8 Å². The highest BCUT2D eigenvalue weighted by Crippen LogP contribution is 2.38. The summed E-state index contributed by atoms with van der Waals surface area (Å²) in [6.45, 7) is 11.9. The first kappa shape index (κ1) is 17.3. The second-order valence-corrected chi connectivity index (χ2v) is 6.52. The van der Waals surface area contributed by atoms with Gasteiger partial charge in [0.2, 0.25) is 5.83 Å². The summed E-state index contributed by atoms with van der Waals surface area (Å²) in [6.07, 6.45) is 0. The number of allylic oxidation sites excluding steroid dienone is 1. The molecule has 23 heavy (non-hydrogen) atoms. The van der Waals surface area contributed by atoms with Crippen LogP contribution in [0.4, 0.5) is 15.8 Å². The molecular formula is C18H25FN2O2. The Bertz CT molecular complexity index is 638. The number of hydrogen-bond acceptors (Lipinski definition) is 3. The molecule has 0 radical (unpaired) electrons. The monoisotopic (exact) mass is 320 g/mol.